The molecule has 0 atom stereocenters. The molecular formula is C17H19FN2O3S. The summed E-state index contributed by atoms with van der Waals surface area (Å²) >= 11 is 1.32. The third-order valence-corrected chi connectivity index (χ3v) is 4.68. The molecule has 1 aromatic carbocycles. The maximum absolute atomic E-state index is 12.9. The second-order valence-electron chi connectivity index (χ2n) is 5.55. The first-order valence-corrected chi connectivity index (χ1v) is 8.36. The monoisotopic (exact) mass is 350 g/mol. The molecule has 7 heteroatoms. The van der Waals surface area contributed by atoms with Crippen molar-refractivity contribution in [3.8, 4) is 0 Å². The third-order valence-electron chi connectivity index (χ3n) is 3.53. The minimum Gasteiger partial charge on any atom is -0.481 e. The van der Waals surface area contributed by atoms with E-state index in [9.17, 15) is 14.0 Å². The molecule has 24 heavy (non-hydrogen) atoms. The van der Waals surface area contributed by atoms with Crippen molar-refractivity contribution in [2.24, 2.45) is 0 Å². The maximum Gasteiger partial charge on any atom is 0.303 e. The van der Waals surface area contributed by atoms with E-state index >= 15 is 0 Å². The molecule has 0 spiro atoms. The average molecular weight is 350 g/mol. The van der Waals surface area contributed by atoms with Gasteiger partial charge in [-0.15, -0.1) is 11.3 Å². The summed E-state index contributed by atoms with van der Waals surface area (Å²) in [5.41, 5.74) is 1.59. The molecule has 0 aliphatic rings. The standard InChI is InChI=1S/C17H19FN2O3S/c1-11-16(17(23)20(2)9-3-4-15(21)22)24-14(19-11)10-12-5-7-13(18)8-6-12/h5-8H,3-4,9-10H2,1-2H3,(H,21,22). The second kappa shape index (κ2) is 8.01. The predicted molar refractivity (Wildman–Crippen MR) is 89.9 cm³/mol. The van der Waals surface area contributed by atoms with Gasteiger partial charge in [-0.1, -0.05) is 12.1 Å². The average Bonchev–Trinajstić information content (AvgIpc) is 2.89. The number of amides is 1. The van der Waals surface area contributed by atoms with Crippen LogP contribution in [0.25, 0.3) is 0 Å². The van der Waals surface area contributed by atoms with Gasteiger partial charge in [0.1, 0.15) is 10.7 Å². The van der Waals surface area contributed by atoms with Gasteiger partial charge in [-0.3, -0.25) is 9.59 Å². The van der Waals surface area contributed by atoms with Gasteiger partial charge >= 0.3 is 5.97 Å². The molecule has 1 heterocycles. The van der Waals surface area contributed by atoms with Gasteiger partial charge in [-0.05, 0) is 31.0 Å². The van der Waals surface area contributed by atoms with E-state index in [1.165, 1.54) is 28.4 Å². The van der Waals surface area contributed by atoms with Crippen molar-refractivity contribution in [1.29, 1.82) is 0 Å². The topological polar surface area (TPSA) is 70.5 Å². The fourth-order valence-corrected chi connectivity index (χ4v) is 3.34. The number of carboxylic acids is 1. The van der Waals surface area contributed by atoms with Crippen LogP contribution < -0.4 is 0 Å². The Hall–Kier alpha value is -2.28. The van der Waals surface area contributed by atoms with Crippen LogP contribution in [-0.2, 0) is 11.2 Å². The number of thiazole rings is 1. The zero-order chi connectivity index (χ0) is 17.7. The summed E-state index contributed by atoms with van der Waals surface area (Å²) in [6.07, 6.45) is 0.995. The molecule has 0 aliphatic heterocycles. The Morgan fingerprint density at radius 3 is 2.58 bits per heavy atom. The minimum absolute atomic E-state index is 0.0368. The van der Waals surface area contributed by atoms with Gasteiger partial charge < -0.3 is 10.0 Å². The molecular weight excluding hydrogens is 331 g/mol. The van der Waals surface area contributed by atoms with Crippen LogP contribution in [-0.4, -0.2) is 40.5 Å². The van der Waals surface area contributed by atoms with Gasteiger partial charge in [0.2, 0.25) is 0 Å². The van der Waals surface area contributed by atoms with Crippen molar-refractivity contribution in [2.75, 3.05) is 13.6 Å². The van der Waals surface area contributed by atoms with Crippen LogP contribution in [0.1, 0.15) is 38.8 Å². The Labute approximate surface area is 143 Å². The van der Waals surface area contributed by atoms with E-state index in [-0.39, 0.29) is 18.1 Å². The van der Waals surface area contributed by atoms with Crippen molar-refractivity contribution in [3.05, 3.63) is 51.2 Å². The number of hydrogen-bond acceptors (Lipinski definition) is 4. The van der Waals surface area contributed by atoms with E-state index in [1.807, 2.05) is 0 Å². The van der Waals surface area contributed by atoms with Gasteiger partial charge in [0.05, 0.1) is 10.7 Å². The van der Waals surface area contributed by atoms with Crippen molar-refractivity contribution in [1.82, 2.24) is 9.88 Å². The highest BCUT2D eigenvalue weighted by Crippen LogP contribution is 2.22. The Balaban J connectivity index is 2.03. The first kappa shape index (κ1) is 18.1. The first-order chi connectivity index (χ1) is 11.4. The summed E-state index contributed by atoms with van der Waals surface area (Å²) in [7, 11) is 1.66. The van der Waals surface area contributed by atoms with Gasteiger partial charge in [0.25, 0.3) is 5.91 Å². The Kier molecular flexibility index (Phi) is 6.03. The van der Waals surface area contributed by atoms with Crippen LogP contribution in [0.5, 0.6) is 0 Å². The number of nitrogens with zero attached hydrogens (tertiary/aromatic N) is 2. The van der Waals surface area contributed by atoms with E-state index in [0.717, 1.165) is 10.6 Å². The fraction of sp³-hybridized carbons (Fsp3) is 0.353. The van der Waals surface area contributed by atoms with Crippen LogP contribution in [0.3, 0.4) is 0 Å². The highest BCUT2D eigenvalue weighted by atomic mass is 32.1. The molecule has 5 nitrogen and oxygen atoms in total. The van der Waals surface area contributed by atoms with E-state index in [1.54, 1.807) is 26.1 Å². The molecule has 2 aromatic rings. The number of halogens is 1. The van der Waals surface area contributed by atoms with Gasteiger partial charge in [0.15, 0.2) is 0 Å². The SMILES string of the molecule is Cc1nc(Cc2ccc(F)cc2)sc1C(=O)N(C)CCCC(=O)O. The molecule has 1 aromatic heterocycles. The largest absolute Gasteiger partial charge is 0.481 e. The Morgan fingerprint density at radius 2 is 1.96 bits per heavy atom. The molecule has 0 saturated carbocycles. The van der Waals surface area contributed by atoms with Gasteiger partial charge in [0, 0.05) is 26.4 Å². The molecule has 1 amide bonds. The quantitative estimate of drug-likeness (QED) is 0.833. The van der Waals surface area contributed by atoms with Crippen LogP contribution in [0.15, 0.2) is 24.3 Å². The summed E-state index contributed by atoms with van der Waals surface area (Å²) in [5.74, 6) is -1.31. The van der Waals surface area contributed by atoms with Gasteiger partial charge in [-0.2, -0.15) is 0 Å². The lowest BCUT2D eigenvalue weighted by atomic mass is 10.1. The Bertz CT molecular complexity index is 728. The molecule has 0 fully saturated rings. The van der Waals surface area contributed by atoms with E-state index in [4.69, 9.17) is 5.11 Å². The van der Waals surface area contributed by atoms with Crippen LogP contribution in [0.4, 0.5) is 4.39 Å². The number of aromatic nitrogens is 1. The minimum atomic E-state index is -0.869. The number of hydrogen-bond donors (Lipinski definition) is 1. The van der Waals surface area contributed by atoms with Crippen molar-refractivity contribution in [3.63, 3.8) is 0 Å². The Morgan fingerprint density at radius 1 is 1.29 bits per heavy atom. The summed E-state index contributed by atoms with van der Waals surface area (Å²) in [4.78, 5) is 29.5. The maximum atomic E-state index is 12.9. The van der Waals surface area contributed by atoms with Crippen molar-refractivity contribution in [2.45, 2.75) is 26.2 Å². The van der Waals surface area contributed by atoms with Crippen molar-refractivity contribution >= 4 is 23.2 Å². The fourth-order valence-electron chi connectivity index (χ4n) is 2.25. The second-order valence-corrected chi connectivity index (χ2v) is 6.63. The molecule has 0 bridgehead atoms. The lowest BCUT2D eigenvalue weighted by Gasteiger charge is -2.15. The zero-order valence-electron chi connectivity index (χ0n) is 13.6. The number of carbonyl (C=O) groups excluding carboxylic acids is 1. The highest BCUT2D eigenvalue weighted by Gasteiger charge is 2.19. The van der Waals surface area contributed by atoms with E-state index in [2.05, 4.69) is 4.98 Å². The van der Waals surface area contributed by atoms with Crippen LogP contribution >= 0.6 is 11.3 Å². The van der Waals surface area contributed by atoms with E-state index in [0.29, 0.717) is 30.0 Å². The summed E-state index contributed by atoms with van der Waals surface area (Å²) < 4.78 is 12.9. The van der Waals surface area contributed by atoms with Crippen LogP contribution in [0.2, 0.25) is 0 Å². The lowest BCUT2D eigenvalue weighted by molar-refractivity contribution is -0.137. The third kappa shape index (κ3) is 4.86. The van der Waals surface area contributed by atoms with Crippen molar-refractivity contribution < 1.29 is 19.1 Å². The number of carbonyl (C=O) groups is 2. The summed E-state index contributed by atoms with van der Waals surface area (Å²) in [6, 6.07) is 6.20. The summed E-state index contributed by atoms with van der Waals surface area (Å²) in [6.45, 7) is 2.17. The molecule has 0 unspecified atom stereocenters. The lowest BCUT2D eigenvalue weighted by Crippen LogP contribution is -2.27. The number of aryl methyl sites for hydroxylation is 1. The number of benzene rings is 1. The first-order valence-electron chi connectivity index (χ1n) is 7.55. The van der Waals surface area contributed by atoms with E-state index < -0.39 is 5.97 Å². The zero-order valence-corrected chi connectivity index (χ0v) is 14.4. The number of aliphatic carboxylic acids is 1. The smallest absolute Gasteiger partial charge is 0.303 e. The number of rotatable bonds is 7. The number of carboxylic acid groups (broad SMARTS) is 1. The van der Waals surface area contributed by atoms with Crippen LogP contribution in [0, 0.1) is 12.7 Å². The predicted octanol–water partition coefficient (Wildman–Crippen LogP) is 3.12. The highest BCUT2D eigenvalue weighted by molar-refractivity contribution is 7.13. The molecule has 0 radical (unpaired) electrons. The molecule has 2 rings (SSSR count). The molecule has 1 N–H and O–H groups in total. The molecule has 128 valence electrons. The molecule has 0 saturated heterocycles. The van der Waals surface area contributed by atoms with Gasteiger partial charge in [-0.25, -0.2) is 9.37 Å². The molecule has 0 aliphatic carbocycles. The summed E-state index contributed by atoms with van der Waals surface area (Å²) in [5, 5.41) is 9.44. The normalized spacial score (nSPS) is 10.6.